The second-order valence-electron chi connectivity index (χ2n) is 1.84. The van der Waals surface area contributed by atoms with Crippen molar-refractivity contribution in [3.63, 3.8) is 0 Å². The maximum atomic E-state index is 10.5. The van der Waals surface area contributed by atoms with Gasteiger partial charge in [0.1, 0.15) is 9.45 Å². The van der Waals surface area contributed by atoms with Crippen molar-refractivity contribution in [3.05, 3.63) is 21.5 Å². The minimum atomic E-state index is 0.510. The van der Waals surface area contributed by atoms with Gasteiger partial charge in [-0.25, -0.2) is 4.98 Å². The first-order chi connectivity index (χ1) is 5.29. The van der Waals surface area contributed by atoms with Crippen molar-refractivity contribution >= 4 is 28.9 Å². The summed E-state index contributed by atoms with van der Waals surface area (Å²) in [6, 6.07) is 1.66. The number of hydrogen-bond donors (Lipinski definition) is 0. The molecule has 11 heavy (non-hydrogen) atoms. The van der Waals surface area contributed by atoms with Gasteiger partial charge in [-0.1, -0.05) is 0 Å². The van der Waals surface area contributed by atoms with Crippen LogP contribution in [-0.4, -0.2) is 18.4 Å². The highest BCUT2D eigenvalue weighted by molar-refractivity contribution is 14.1. The Hall–Kier alpha value is -0.650. The third-order valence-electron chi connectivity index (χ3n) is 1.24. The maximum Gasteiger partial charge on any atom is 0.156 e. The van der Waals surface area contributed by atoms with Crippen LogP contribution < -0.4 is 4.74 Å². The van der Waals surface area contributed by atoms with E-state index in [4.69, 9.17) is 4.74 Å². The molecule has 1 aromatic heterocycles. The number of rotatable bonds is 2. The summed E-state index contributed by atoms with van der Waals surface area (Å²) in [5.41, 5.74) is 0.510. The molecule has 0 amide bonds. The summed E-state index contributed by atoms with van der Waals surface area (Å²) in [5.74, 6) is 0.569. The number of aromatic nitrogens is 1. The van der Waals surface area contributed by atoms with E-state index in [1.54, 1.807) is 12.3 Å². The van der Waals surface area contributed by atoms with Crippen molar-refractivity contribution < 1.29 is 9.53 Å². The van der Waals surface area contributed by atoms with Crippen LogP contribution in [0.3, 0.4) is 0 Å². The predicted octanol–water partition coefficient (Wildman–Crippen LogP) is 1.51. The normalized spacial score (nSPS) is 9.27. The van der Waals surface area contributed by atoms with Crippen LogP contribution in [0.5, 0.6) is 5.75 Å². The summed E-state index contributed by atoms with van der Waals surface area (Å²) in [6.07, 6.45) is 2.35. The van der Waals surface area contributed by atoms with E-state index in [0.717, 1.165) is 6.29 Å². The fourth-order valence-electron chi connectivity index (χ4n) is 0.716. The number of methoxy groups -OCH3 is 1. The summed E-state index contributed by atoms with van der Waals surface area (Å²) in [7, 11) is 1.53. The zero-order valence-electron chi connectivity index (χ0n) is 5.87. The molecule has 0 aliphatic rings. The Morgan fingerprint density at radius 1 is 1.73 bits per heavy atom. The Balaban J connectivity index is 3.24. The fourth-order valence-corrected chi connectivity index (χ4v) is 1.27. The zero-order valence-corrected chi connectivity index (χ0v) is 8.03. The Bertz CT molecular complexity index is 275. The van der Waals surface area contributed by atoms with E-state index in [2.05, 4.69) is 4.98 Å². The molecule has 1 heterocycles. The molecule has 0 aliphatic heterocycles. The third-order valence-corrected chi connectivity index (χ3v) is 2.10. The third kappa shape index (κ3) is 1.68. The molecule has 0 spiro atoms. The highest BCUT2D eigenvalue weighted by Crippen LogP contribution is 2.18. The lowest BCUT2D eigenvalue weighted by Gasteiger charge is -2.02. The monoisotopic (exact) mass is 263 g/mol. The number of halogens is 1. The molecule has 1 rings (SSSR count). The van der Waals surface area contributed by atoms with Crippen molar-refractivity contribution in [2.75, 3.05) is 7.11 Å². The highest BCUT2D eigenvalue weighted by atomic mass is 127. The zero-order chi connectivity index (χ0) is 8.27. The number of carbonyl (C=O) groups excluding carboxylic acids is 1. The van der Waals surface area contributed by atoms with E-state index in [0.29, 0.717) is 15.0 Å². The van der Waals surface area contributed by atoms with Gasteiger partial charge in [0.15, 0.2) is 6.29 Å². The van der Waals surface area contributed by atoms with Crippen LogP contribution in [0.2, 0.25) is 0 Å². The van der Waals surface area contributed by atoms with Crippen LogP contribution in [0.15, 0.2) is 12.3 Å². The van der Waals surface area contributed by atoms with Gasteiger partial charge in [-0.3, -0.25) is 4.79 Å². The molecular formula is C7H6INO2. The first-order valence-electron chi connectivity index (χ1n) is 2.93. The number of hydrogen-bond acceptors (Lipinski definition) is 3. The predicted molar refractivity (Wildman–Crippen MR) is 48.9 cm³/mol. The van der Waals surface area contributed by atoms with Crippen molar-refractivity contribution in [1.29, 1.82) is 0 Å². The lowest BCUT2D eigenvalue weighted by atomic mass is 10.3. The van der Waals surface area contributed by atoms with Gasteiger partial charge in [-0.2, -0.15) is 0 Å². The average molecular weight is 263 g/mol. The van der Waals surface area contributed by atoms with Gasteiger partial charge < -0.3 is 4.74 Å². The molecule has 0 atom stereocenters. The smallest absolute Gasteiger partial charge is 0.156 e. The van der Waals surface area contributed by atoms with E-state index < -0.39 is 0 Å². The number of pyridine rings is 1. The average Bonchev–Trinajstić information content (AvgIpc) is 2.04. The SMILES string of the molecule is COc1ccnc(I)c1C=O. The van der Waals surface area contributed by atoms with Crippen LogP contribution >= 0.6 is 22.6 Å². The van der Waals surface area contributed by atoms with Crippen molar-refractivity contribution in [1.82, 2.24) is 4.98 Å². The molecule has 0 saturated heterocycles. The summed E-state index contributed by atoms with van der Waals surface area (Å²) in [4.78, 5) is 14.4. The second-order valence-corrected chi connectivity index (χ2v) is 2.86. The topological polar surface area (TPSA) is 39.2 Å². The van der Waals surface area contributed by atoms with E-state index in [1.165, 1.54) is 7.11 Å². The van der Waals surface area contributed by atoms with Crippen LogP contribution in [0, 0.1) is 3.70 Å². The Kier molecular flexibility index (Phi) is 2.81. The molecule has 58 valence electrons. The minimum absolute atomic E-state index is 0.510. The largest absolute Gasteiger partial charge is 0.496 e. The van der Waals surface area contributed by atoms with Gasteiger partial charge in [0, 0.05) is 6.20 Å². The number of carbonyl (C=O) groups is 1. The van der Waals surface area contributed by atoms with Crippen molar-refractivity contribution in [2.24, 2.45) is 0 Å². The quantitative estimate of drug-likeness (QED) is 0.461. The van der Waals surface area contributed by atoms with Crippen LogP contribution in [-0.2, 0) is 0 Å². The molecule has 0 bridgehead atoms. The molecule has 4 heteroatoms. The van der Waals surface area contributed by atoms with E-state index in [1.807, 2.05) is 22.6 Å². The lowest BCUT2D eigenvalue weighted by Crippen LogP contribution is -1.95. The molecule has 0 N–H and O–H groups in total. The number of nitrogens with zero attached hydrogens (tertiary/aromatic N) is 1. The number of aldehydes is 1. The summed E-state index contributed by atoms with van der Waals surface area (Å²) in [5, 5.41) is 0. The second kappa shape index (κ2) is 3.66. The van der Waals surface area contributed by atoms with Crippen LogP contribution in [0.1, 0.15) is 10.4 Å². The van der Waals surface area contributed by atoms with Crippen molar-refractivity contribution in [2.45, 2.75) is 0 Å². The molecule has 0 unspecified atom stereocenters. The summed E-state index contributed by atoms with van der Waals surface area (Å²) < 4.78 is 5.60. The standard InChI is InChI=1S/C7H6INO2/c1-11-6-2-3-9-7(8)5(6)4-10/h2-4H,1H3. The van der Waals surface area contributed by atoms with Gasteiger partial charge in [0.2, 0.25) is 0 Å². The van der Waals surface area contributed by atoms with Crippen molar-refractivity contribution in [3.8, 4) is 5.75 Å². The molecule has 0 fully saturated rings. The van der Waals surface area contributed by atoms with Gasteiger partial charge in [0.05, 0.1) is 12.7 Å². The van der Waals surface area contributed by atoms with E-state index >= 15 is 0 Å². The molecule has 3 nitrogen and oxygen atoms in total. The Morgan fingerprint density at radius 2 is 2.45 bits per heavy atom. The Labute approximate surface area is 77.9 Å². The molecular weight excluding hydrogens is 257 g/mol. The minimum Gasteiger partial charge on any atom is -0.496 e. The molecule has 0 saturated carbocycles. The fraction of sp³-hybridized carbons (Fsp3) is 0.143. The van der Waals surface area contributed by atoms with Crippen LogP contribution in [0.4, 0.5) is 0 Å². The van der Waals surface area contributed by atoms with Gasteiger partial charge in [0.25, 0.3) is 0 Å². The number of ether oxygens (including phenoxy) is 1. The van der Waals surface area contributed by atoms with E-state index in [9.17, 15) is 4.79 Å². The molecule has 0 aliphatic carbocycles. The van der Waals surface area contributed by atoms with Crippen LogP contribution in [0.25, 0.3) is 0 Å². The first kappa shape index (κ1) is 8.45. The highest BCUT2D eigenvalue weighted by Gasteiger charge is 2.05. The van der Waals surface area contributed by atoms with Gasteiger partial charge >= 0.3 is 0 Å². The molecule has 0 aromatic carbocycles. The first-order valence-corrected chi connectivity index (χ1v) is 4.01. The molecule has 1 aromatic rings. The summed E-state index contributed by atoms with van der Waals surface area (Å²) in [6.45, 7) is 0. The molecule has 0 radical (unpaired) electrons. The summed E-state index contributed by atoms with van der Waals surface area (Å²) >= 11 is 1.99. The maximum absolute atomic E-state index is 10.5. The van der Waals surface area contributed by atoms with Gasteiger partial charge in [-0.05, 0) is 28.7 Å². The van der Waals surface area contributed by atoms with Gasteiger partial charge in [-0.15, -0.1) is 0 Å². The van der Waals surface area contributed by atoms with E-state index in [-0.39, 0.29) is 0 Å². The lowest BCUT2D eigenvalue weighted by molar-refractivity contribution is 0.111. The Morgan fingerprint density at radius 3 is 2.91 bits per heavy atom.